The molecule has 0 saturated carbocycles. The molecule has 0 radical (unpaired) electrons. The highest BCUT2D eigenvalue weighted by molar-refractivity contribution is 14.0. The van der Waals surface area contributed by atoms with Crippen LogP contribution in [0.25, 0.3) is 0 Å². The van der Waals surface area contributed by atoms with Crippen LogP contribution in [0.1, 0.15) is 25.3 Å². The number of aliphatic imine (C=N–C) groups is 1. The minimum atomic E-state index is 0. The Morgan fingerprint density at radius 1 is 1.36 bits per heavy atom. The number of anilines is 1. The summed E-state index contributed by atoms with van der Waals surface area (Å²) in [4.78, 5) is 6.81. The van der Waals surface area contributed by atoms with Gasteiger partial charge in [0.2, 0.25) is 0 Å². The molecule has 0 amide bonds. The normalized spacial score (nSPS) is 19.9. The molecular formula is C21H35IN4O2. The van der Waals surface area contributed by atoms with Gasteiger partial charge in [0.05, 0.1) is 13.2 Å². The molecule has 6 nitrogen and oxygen atoms in total. The van der Waals surface area contributed by atoms with Crippen LogP contribution in [0.2, 0.25) is 0 Å². The first kappa shape index (κ1) is 23.2. The third-order valence-electron chi connectivity index (χ3n) is 5.38. The summed E-state index contributed by atoms with van der Waals surface area (Å²) in [6.07, 6.45) is 3.25. The molecule has 28 heavy (non-hydrogen) atoms. The number of benzene rings is 1. The van der Waals surface area contributed by atoms with Gasteiger partial charge in [0.1, 0.15) is 0 Å². The molecule has 0 aliphatic carbocycles. The minimum Gasteiger partial charge on any atom is -0.381 e. The lowest BCUT2D eigenvalue weighted by Gasteiger charge is -2.28. The first-order valence-electron chi connectivity index (χ1n) is 10.2. The summed E-state index contributed by atoms with van der Waals surface area (Å²) < 4.78 is 11.1. The van der Waals surface area contributed by atoms with E-state index in [4.69, 9.17) is 9.47 Å². The summed E-state index contributed by atoms with van der Waals surface area (Å²) >= 11 is 0. The van der Waals surface area contributed by atoms with Gasteiger partial charge in [-0.05, 0) is 37.8 Å². The number of ether oxygens (including phenoxy) is 2. The number of para-hydroxylation sites is 1. The van der Waals surface area contributed by atoms with E-state index in [1.165, 1.54) is 11.3 Å². The quantitative estimate of drug-likeness (QED) is 0.236. The lowest BCUT2D eigenvalue weighted by Crippen LogP contribution is -2.46. The maximum absolute atomic E-state index is 5.75. The van der Waals surface area contributed by atoms with E-state index in [0.29, 0.717) is 12.0 Å². The van der Waals surface area contributed by atoms with Gasteiger partial charge in [-0.15, -0.1) is 24.0 Å². The number of halogens is 1. The van der Waals surface area contributed by atoms with E-state index in [2.05, 4.69) is 51.7 Å². The van der Waals surface area contributed by atoms with Gasteiger partial charge in [-0.1, -0.05) is 18.2 Å². The van der Waals surface area contributed by atoms with Crippen LogP contribution in [0.3, 0.4) is 0 Å². The lowest BCUT2D eigenvalue weighted by molar-refractivity contribution is 0.0888. The van der Waals surface area contributed by atoms with Gasteiger partial charge in [0.15, 0.2) is 5.96 Å². The number of guanidine groups is 1. The highest BCUT2D eigenvalue weighted by atomic mass is 127. The molecule has 0 bridgehead atoms. The predicted octanol–water partition coefficient (Wildman–Crippen LogP) is 2.66. The van der Waals surface area contributed by atoms with Crippen molar-refractivity contribution in [3.63, 3.8) is 0 Å². The molecule has 2 atom stereocenters. The molecule has 2 aliphatic rings. The largest absolute Gasteiger partial charge is 0.381 e. The van der Waals surface area contributed by atoms with Crippen molar-refractivity contribution >= 4 is 35.6 Å². The average molecular weight is 502 g/mol. The second kappa shape index (κ2) is 12.5. The Labute approximate surface area is 186 Å². The fraction of sp³-hybridized carbons (Fsp3) is 0.667. The SMILES string of the molecule is CN=C(NCCCOCC1CCOC1)NCC(C)N1CCc2ccccc21.I. The molecule has 158 valence electrons. The zero-order valence-electron chi connectivity index (χ0n) is 17.2. The molecule has 2 aliphatic heterocycles. The Hall–Kier alpha value is -1.06. The Bertz CT molecular complexity index is 608. The van der Waals surface area contributed by atoms with E-state index < -0.39 is 0 Å². The van der Waals surface area contributed by atoms with Crippen molar-refractivity contribution in [3.8, 4) is 0 Å². The van der Waals surface area contributed by atoms with Gasteiger partial charge < -0.3 is 25.0 Å². The summed E-state index contributed by atoms with van der Waals surface area (Å²) in [7, 11) is 1.82. The summed E-state index contributed by atoms with van der Waals surface area (Å²) in [6.45, 7) is 8.44. The summed E-state index contributed by atoms with van der Waals surface area (Å²) in [5.41, 5.74) is 2.83. The van der Waals surface area contributed by atoms with E-state index in [9.17, 15) is 0 Å². The maximum atomic E-state index is 5.75. The Morgan fingerprint density at radius 2 is 2.21 bits per heavy atom. The molecule has 0 spiro atoms. The molecule has 1 aromatic carbocycles. The van der Waals surface area contributed by atoms with Gasteiger partial charge in [-0.3, -0.25) is 4.99 Å². The monoisotopic (exact) mass is 502 g/mol. The van der Waals surface area contributed by atoms with Crippen LogP contribution in [-0.4, -0.2) is 65.1 Å². The van der Waals surface area contributed by atoms with E-state index in [1.807, 2.05) is 7.05 Å². The number of nitrogens with one attached hydrogen (secondary N) is 2. The molecule has 1 saturated heterocycles. The maximum Gasteiger partial charge on any atom is 0.191 e. The Kier molecular flexibility index (Phi) is 10.4. The van der Waals surface area contributed by atoms with Crippen molar-refractivity contribution in [2.24, 2.45) is 10.9 Å². The van der Waals surface area contributed by atoms with Crippen LogP contribution in [0, 0.1) is 5.92 Å². The smallest absolute Gasteiger partial charge is 0.191 e. The molecule has 1 aromatic rings. The Morgan fingerprint density at radius 3 is 3.00 bits per heavy atom. The van der Waals surface area contributed by atoms with Gasteiger partial charge in [-0.2, -0.15) is 0 Å². The highest BCUT2D eigenvalue weighted by Crippen LogP contribution is 2.28. The fourth-order valence-electron chi connectivity index (χ4n) is 3.74. The van der Waals surface area contributed by atoms with Crippen LogP contribution in [-0.2, 0) is 15.9 Å². The van der Waals surface area contributed by atoms with Gasteiger partial charge in [0, 0.05) is 57.5 Å². The van der Waals surface area contributed by atoms with Gasteiger partial charge in [0.25, 0.3) is 0 Å². The standard InChI is InChI=1S/C21H34N4O2.HI/c1-17(25-11-8-19-6-3-4-7-20(19)25)14-24-21(22-2)23-10-5-12-26-15-18-9-13-27-16-18;/h3-4,6-7,17-18H,5,8-16H2,1-2H3,(H2,22,23,24);1H. The fourth-order valence-corrected chi connectivity index (χ4v) is 3.74. The molecule has 7 heteroatoms. The second-order valence-electron chi connectivity index (χ2n) is 7.46. The average Bonchev–Trinajstić information content (AvgIpc) is 3.36. The molecule has 1 fully saturated rings. The third kappa shape index (κ3) is 6.77. The van der Waals surface area contributed by atoms with E-state index in [0.717, 1.165) is 71.3 Å². The number of fused-ring (bicyclic) bond motifs is 1. The number of hydrogen-bond donors (Lipinski definition) is 2. The van der Waals surface area contributed by atoms with Gasteiger partial charge >= 0.3 is 0 Å². The van der Waals surface area contributed by atoms with Crippen molar-refractivity contribution in [2.75, 3.05) is 58.0 Å². The van der Waals surface area contributed by atoms with Crippen molar-refractivity contribution in [1.29, 1.82) is 0 Å². The minimum absolute atomic E-state index is 0. The van der Waals surface area contributed by atoms with E-state index in [-0.39, 0.29) is 24.0 Å². The van der Waals surface area contributed by atoms with Crippen LogP contribution in [0.15, 0.2) is 29.3 Å². The number of nitrogens with zero attached hydrogens (tertiary/aromatic N) is 2. The summed E-state index contributed by atoms with van der Waals surface area (Å²) in [6, 6.07) is 9.13. The van der Waals surface area contributed by atoms with Crippen LogP contribution >= 0.6 is 24.0 Å². The van der Waals surface area contributed by atoms with Crippen molar-refractivity contribution in [3.05, 3.63) is 29.8 Å². The molecule has 3 rings (SSSR count). The predicted molar refractivity (Wildman–Crippen MR) is 126 cm³/mol. The van der Waals surface area contributed by atoms with Crippen LogP contribution in [0.4, 0.5) is 5.69 Å². The zero-order chi connectivity index (χ0) is 18.9. The van der Waals surface area contributed by atoms with Crippen LogP contribution < -0.4 is 15.5 Å². The summed E-state index contributed by atoms with van der Waals surface area (Å²) in [5.74, 6) is 1.45. The molecular weight excluding hydrogens is 467 g/mol. The molecule has 0 aromatic heterocycles. The Balaban J connectivity index is 0.00000280. The zero-order valence-corrected chi connectivity index (χ0v) is 19.5. The molecule has 2 N–H and O–H groups in total. The van der Waals surface area contributed by atoms with Crippen molar-refractivity contribution in [1.82, 2.24) is 10.6 Å². The number of rotatable bonds is 9. The van der Waals surface area contributed by atoms with Crippen LogP contribution in [0.5, 0.6) is 0 Å². The first-order valence-corrected chi connectivity index (χ1v) is 10.2. The topological polar surface area (TPSA) is 58.1 Å². The molecule has 2 unspecified atom stereocenters. The highest BCUT2D eigenvalue weighted by Gasteiger charge is 2.22. The van der Waals surface area contributed by atoms with E-state index in [1.54, 1.807) is 0 Å². The second-order valence-corrected chi connectivity index (χ2v) is 7.46. The third-order valence-corrected chi connectivity index (χ3v) is 5.38. The van der Waals surface area contributed by atoms with E-state index >= 15 is 0 Å². The first-order chi connectivity index (χ1) is 13.3. The molecule has 2 heterocycles. The lowest BCUT2D eigenvalue weighted by atomic mass is 10.1. The van der Waals surface area contributed by atoms with Gasteiger partial charge in [-0.25, -0.2) is 0 Å². The summed E-state index contributed by atoms with van der Waals surface area (Å²) in [5, 5.41) is 6.83. The van der Waals surface area contributed by atoms with Crippen molar-refractivity contribution < 1.29 is 9.47 Å². The number of hydrogen-bond acceptors (Lipinski definition) is 4. The van der Waals surface area contributed by atoms with Crippen molar-refractivity contribution in [2.45, 2.75) is 32.2 Å².